The molecule has 1 aliphatic rings. The van der Waals surface area contributed by atoms with Crippen LogP contribution in [0.5, 0.6) is 0 Å². The summed E-state index contributed by atoms with van der Waals surface area (Å²) in [5.41, 5.74) is -3.98. The average molecular weight is 512 g/mol. The number of cyclic esters (lactones) is 2. The predicted octanol–water partition coefficient (Wildman–Crippen LogP) is -5.19. The second kappa shape index (κ2) is 10.7. The summed E-state index contributed by atoms with van der Waals surface area (Å²) in [5.74, 6) is -20.4. The number of hydrogen-bond acceptors (Lipinski definition) is 16. The Hall–Kier alpha value is -3.68. The summed E-state index contributed by atoms with van der Waals surface area (Å²) in [6.07, 6.45) is -9.69. The molecule has 0 aliphatic carbocycles. The third kappa shape index (κ3) is 6.26. The molecule has 1 fully saturated rings. The lowest BCUT2D eigenvalue weighted by atomic mass is 9.94. The molecule has 1 aliphatic heterocycles. The summed E-state index contributed by atoms with van der Waals surface area (Å²) < 4.78 is 8.67. The number of esters is 2. The van der Waals surface area contributed by atoms with E-state index < -0.39 is 96.6 Å². The van der Waals surface area contributed by atoms with Gasteiger partial charge in [-0.05, 0) is 0 Å². The van der Waals surface area contributed by atoms with Crippen LogP contribution in [0, 0.1) is 0 Å². The van der Waals surface area contributed by atoms with Crippen LogP contribution in [0.25, 0.3) is 0 Å². The van der Waals surface area contributed by atoms with E-state index in [2.05, 4.69) is 25.8 Å². The fraction of sp³-hybridized carbons (Fsp3) is 0.529. The van der Waals surface area contributed by atoms with Crippen LogP contribution in [-0.2, 0) is 48.0 Å². The zero-order valence-corrected chi connectivity index (χ0v) is 17.4. The molecule has 1 saturated heterocycles. The minimum absolute atomic E-state index is 0.729. The number of carboxylic acid groups (broad SMARTS) is 2. The monoisotopic (exact) mass is 512 g/mol. The zero-order chi connectivity index (χ0) is 27.4. The van der Waals surface area contributed by atoms with Gasteiger partial charge in [0.05, 0.1) is 25.9 Å². The maximum atomic E-state index is 12.4. The van der Waals surface area contributed by atoms with Crippen molar-refractivity contribution in [2.75, 3.05) is 6.61 Å². The minimum Gasteiger partial charge on any atom is -0.481 e. The molecule has 0 aromatic rings. The first-order valence-electron chi connectivity index (χ1n) is 9.07. The number of carbonyl (C=O) groups is 6. The van der Waals surface area contributed by atoms with E-state index in [1.165, 1.54) is 0 Å². The van der Waals surface area contributed by atoms with Crippen LogP contribution in [0.15, 0.2) is 12.2 Å². The number of aliphatic carboxylic acids is 2. The third-order valence-electron chi connectivity index (χ3n) is 4.36. The van der Waals surface area contributed by atoms with Crippen molar-refractivity contribution in [1.29, 1.82) is 0 Å². The SMILES string of the molecule is C=C1CC(=O)OC(O)(C(=O)OOC(=O)CC(O)(CC(=O)O)C(=O)O)C(O)(C(O)C(O)CO)OC1=O. The number of carbonyl (C=O) groups excluding carboxylic acids is 4. The zero-order valence-electron chi connectivity index (χ0n) is 17.4. The summed E-state index contributed by atoms with van der Waals surface area (Å²) >= 11 is 0. The topological polar surface area (TPSA) is 301 Å². The molecule has 1 rings (SSSR count). The molecule has 0 bridgehead atoms. The molecule has 0 saturated carbocycles. The second-order valence-electron chi connectivity index (χ2n) is 7.09. The van der Waals surface area contributed by atoms with Gasteiger partial charge in [-0.3, -0.25) is 9.59 Å². The fourth-order valence-corrected chi connectivity index (χ4v) is 2.49. The first-order chi connectivity index (χ1) is 15.9. The van der Waals surface area contributed by atoms with E-state index >= 15 is 0 Å². The van der Waals surface area contributed by atoms with Crippen LogP contribution < -0.4 is 0 Å². The van der Waals surface area contributed by atoms with Gasteiger partial charge in [-0.15, -0.1) is 0 Å². The van der Waals surface area contributed by atoms with E-state index in [0.29, 0.717) is 0 Å². The van der Waals surface area contributed by atoms with Crippen LogP contribution in [0.1, 0.15) is 19.3 Å². The summed E-state index contributed by atoms with van der Waals surface area (Å²) in [6.45, 7) is 1.72. The molecule has 35 heavy (non-hydrogen) atoms. The van der Waals surface area contributed by atoms with Gasteiger partial charge >= 0.3 is 47.4 Å². The number of rotatable bonds is 9. The molecular weight excluding hydrogens is 492 g/mol. The van der Waals surface area contributed by atoms with Crippen molar-refractivity contribution in [2.24, 2.45) is 0 Å². The van der Waals surface area contributed by atoms with Crippen molar-refractivity contribution >= 4 is 35.8 Å². The molecule has 0 aromatic carbocycles. The van der Waals surface area contributed by atoms with E-state index in [0.717, 1.165) is 0 Å². The highest BCUT2D eigenvalue weighted by Crippen LogP contribution is 2.35. The highest BCUT2D eigenvalue weighted by Gasteiger charge is 2.70. The van der Waals surface area contributed by atoms with Gasteiger partial charge in [-0.2, -0.15) is 0 Å². The van der Waals surface area contributed by atoms with Crippen LogP contribution in [0.3, 0.4) is 0 Å². The molecule has 18 nitrogen and oxygen atoms in total. The van der Waals surface area contributed by atoms with Crippen LogP contribution in [0.2, 0.25) is 0 Å². The Morgan fingerprint density at radius 3 is 2.11 bits per heavy atom. The Labute approximate surface area is 193 Å². The number of carboxylic acids is 2. The van der Waals surface area contributed by atoms with Crippen molar-refractivity contribution < 1.29 is 88.9 Å². The van der Waals surface area contributed by atoms with E-state index in [4.69, 9.17) is 15.3 Å². The van der Waals surface area contributed by atoms with Crippen LogP contribution in [-0.4, -0.2) is 113 Å². The van der Waals surface area contributed by atoms with Gasteiger partial charge in [-0.25, -0.2) is 29.0 Å². The number of aliphatic hydroxyl groups excluding tert-OH is 3. The number of aliphatic hydroxyl groups is 6. The highest BCUT2D eigenvalue weighted by molar-refractivity contribution is 5.96. The van der Waals surface area contributed by atoms with Crippen LogP contribution >= 0.6 is 0 Å². The van der Waals surface area contributed by atoms with Gasteiger partial charge in [0, 0.05) is 5.57 Å². The smallest absolute Gasteiger partial charge is 0.434 e. The van der Waals surface area contributed by atoms with Gasteiger partial charge in [0.25, 0.3) is 0 Å². The molecule has 0 amide bonds. The normalized spacial score (nSPS) is 26.1. The number of ether oxygens (including phenoxy) is 2. The highest BCUT2D eigenvalue weighted by atomic mass is 17.2. The van der Waals surface area contributed by atoms with Gasteiger partial charge in [0.1, 0.15) is 6.10 Å². The van der Waals surface area contributed by atoms with E-state index in [1.54, 1.807) is 0 Å². The first-order valence-corrected chi connectivity index (χ1v) is 9.07. The lowest BCUT2D eigenvalue weighted by Crippen LogP contribution is -2.72. The average Bonchev–Trinajstić information content (AvgIpc) is 2.74. The molecule has 8 N–H and O–H groups in total. The van der Waals surface area contributed by atoms with Crippen LogP contribution in [0.4, 0.5) is 0 Å². The predicted molar refractivity (Wildman–Crippen MR) is 96.6 cm³/mol. The lowest BCUT2D eigenvalue weighted by Gasteiger charge is -2.42. The van der Waals surface area contributed by atoms with Crippen molar-refractivity contribution in [3.63, 3.8) is 0 Å². The van der Waals surface area contributed by atoms with E-state index in [-0.39, 0.29) is 0 Å². The Kier molecular flexibility index (Phi) is 8.99. The molecule has 18 heteroatoms. The van der Waals surface area contributed by atoms with Gasteiger partial charge in [0.2, 0.25) is 0 Å². The molecule has 5 atom stereocenters. The molecular formula is C17H20O18. The van der Waals surface area contributed by atoms with Gasteiger partial charge in [-0.1, -0.05) is 6.58 Å². The molecule has 196 valence electrons. The largest absolute Gasteiger partial charge is 0.481 e. The standard InChI is InChI=1S/C17H20O18/c1-6-2-9(22)32-17(31,16(30,33-12(6)25)11(24)7(19)5-18)14(28)35-34-10(23)4-15(29,13(26)27)3-8(20)21/h7,11,18-19,24,29-31H,1-5H2,(H,20,21)(H,26,27). The second-order valence-corrected chi connectivity index (χ2v) is 7.09. The van der Waals surface area contributed by atoms with Crippen molar-refractivity contribution in [2.45, 2.75) is 48.6 Å². The Bertz CT molecular complexity index is 926. The summed E-state index contributed by atoms with van der Waals surface area (Å²) in [5, 5.41) is 77.2. The van der Waals surface area contributed by atoms with E-state index in [9.17, 15) is 54.3 Å². The fourth-order valence-electron chi connectivity index (χ4n) is 2.49. The summed E-state index contributed by atoms with van der Waals surface area (Å²) in [4.78, 5) is 77.6. The summed E-state index contributed by atoms with van der Waals surface area (Å²) in [7, 11) is 0. The lowest BCUT2D eigenvalue weighted by molar-refractivity contribution is -0.394. The molecule has 5 unspecified atom stereocenters. The third-order valence-corrected chi connectivity index (χ3v) is 4.36. The molecule has 0 aromatic heterocycles. The minimum atomic E-state index is -4.31. The quantitative estimate of drug-likeness (QED) is 0.0619. The molecule has 0 spiro atoms. The van der Waals surface area contributed by atoms with Crippen molar-refractivity contribution in [1.82, 2.24) is 0 Å². The molecule has 1 heterocycles. The maximum Gasteiger partial charge on any atom is 0.434 e. The first kappa shape index (κ1) is 29.4. The maximum absolute atomic E-state index is 12.4. The molecule has 0 radical (unpaired) electrons. The van der Waals surface area contributed by atoms with Gasteiger partial charge < -0.3 is 50.3 Å². The van der Waals surface area contributed by atoms with E-state index in [1.807, 2.05) is 0 Å². The van der Waals surface area contributed by atoms with Crippen molar-refractivity contribution in [3.05, 3.63) is 12.2 Å². The Balaban J connectivity index is 3.27. The summed E-state index contributed by atoms with van der Waals surface area (Å²) in [6, 6.07) is 0. The number of hydrogen-bond donors (Lipinski definition) is 8. The van der Waals surface area contributed by atoms with Gasteiger partial charge in [0.15, 0.2) is 11.7 Å². The Morgan fingerprint density at radius 1 is 1.06 bits per heavy atom. The Morgan fingerprint density at radius 2 is 1.63 bits per heavy atom. The van der Waals surface area contributed by atoms with Crippen molar-refractivity contribution in [3.8, 4) is 0 Å².